The van der Waals surface area contributed by atoms with Crippen molar-refractivity contribution >= 4 is 120 Å². The Morgan fingerprint density at radius 2 is 0.455 bits per heavy atom. The maximum atomic E-state index is 2.46. The highest BCUT2D eigenvalue weighted by molar-refractivity contribution is 6.29. The standard InChI is InChI=1S/C42H26N2.C42H28N2/c1-2-12-30-25-31(20-17-27(30)9-1)43-37-16-8-7-15-35(37)36-26-32(21-24-38(36)43)44-39-22-18-28-10-3-5-13-33(28)41(39)42-34-14-6-4-11-29(34)19-23-40(42)44;1-3-11-33(12-4-1)43-39-17-9-7-15-35(39)37-27-31(23-25-41(37)43)29-19-21-30(22-20-29)32-24-26-42-38(28-32)36-16-8-10-18-40(36)44(42)34-13-5-2-6-14-34/h1-26H;1-28H. The Morgan fingerprint density at radius 3 is 0.943 bits per heavy atom. The Bertz CT molecular complexity index is 5710. The molecule has 19 rings (SSSR count). The summed E-state index contributed by atoms with van der Waals surface area (Å²) in [4.78, 5) is 0. The first-order valence-corrected chi connectivity index (χ1v) is 30.3. The summed E-state index contributed by atoms with van der Waals surface area (Å²) in [5, 5.41) is 17.8. The zero-order valence-corrected chi connectivity index (χ0v) is 48.0. The molecule has 0 spiro atoms. The molecule has 0 unspecified atom stereocenters. The molecule has 410 valence electrons. The number of benzene rings is 15. The van der Waals surface area contributed by atoms with Crippen molar-refractivity contribution in [3.8, 4) is 45.0 Å². The molecule has 19 aromatic rings. The predicted molar refractivity (Wildman–Crippen MR) is 374 cm³/mol. The van der Waals surface area contributed by atoms with Crippen molar-refractivity contribution in [2.24, 2.45) is 0 Å². The summed E-state index contributed by atoms with van der Waals surface area (Å²) in [5.41, 5.74) is 19.4. The zero-order valence-electron chi connectivity index (χ0n) is 48.0. The number of hydrogen-bond acceptors (Lipinski definition) is 0. The van der Waals surface area contributed by atoms with Crippen LogP contribution < -0.4 is 0 Å². The minimum absolute atomic E-state index is 1.17. The van der Waals surface area contributed by atoms with E-state index in [4.69, 9.17) is 0 Å². The number of nitrogens with zero attached hydrogens (tertiary/aromatic N) is 4. The Hall–Kier alpha value is -11.7. The molecule has 0 radical (unpaired) electrons. The lowest BCUT2D eigenvalue weighted by Gasteiger charge is -2.11. The normalized spacial score (nSPS) is 11.9. The van der Waals surface area contributed by atoms with Crippen LogP contribution in [-0.2, 0) is 0 Å². The SMILES string of the molecule is c1ccc(-n2c3ccccc3c3cc(-c4ccc(-c5ccc6c(c5)c5ccccc5n6-c5ccccc5)cc4)ccc32)cc1.c1ccc2cc(-n3c4ccccc4c4cc(-n5c6ccc7ccccc7c6c6c7ccccc7ccc65)ccc43)ccc2c1. The minimum Gasteiger partial charge on any atom is -0.309 e. The molecular formula is C84H54N4. The molecule has 88 heavy (non-hydrogen) atoms. The minimum atomic E-state index is 1.17. The number of aromatic nitrogens is 4. The number of para-hydroxylation sites is 5. The van der Waals surface area contributed by atoms with E-state index in [1.165, 1.54) is 165 Å². The fourth-order valence-corrected chi connectivity index (χ4v) is 14.4. The lowest BCUT2D eigenvalue weighted by Crippen LogP contribution is -1.96. The molecule has 0 bridgehead atoms. The molecule has 0 amide bonds. The number of hydrogen-bond donors (Lipinski definition) is 0. The smallest absolute Gasteiger partial charge is 0.0547 e. The molecule has 0 aliphatic rings. The van der Waals surface area contributed by atoms with E-state index < -0.39 is 0 Å². The fourth-order valence-electron chi connectivity index (χ4n) is 14.4. The molecule has 0 fully saturated rings. The monoisotopic (exact) mass is 1120 g/mol. The molecule has 0 N–H and O–H groups in total. The number of fused-ring (bicyclic) bond motifs is 17. The van der Waals surface area contributed by atoms with Crippen LogP contribution in [0.15, 0.2) is 328 Å². The van der Waals surface area contributed by atoms with E-state index >= 15 is 0 Å². The maximum Gasteiger partial charge on any atom is 0.0547 e. The first-order chi connectivity index (χ1) is 43.7. The van der Waals surface area contributed by atoms with Crippen molar-refractivity contribution in [1.82, 2.24) is 18.3 Å². The second-order valence-corrected chi connectivity index (χ2v) is 23.2. The van der Waals surface area contributed by atoms with Gasteiger partial charge < -0.3 is 18.3 Å². The summed E-state index contributed by atoms with van der Waals surface area (Å²) in [6.07, 6.45) is 0. The zero-order chi connectivity index (χ0) is 57.8. The largest absolute Gasteiger partial charge is 0.309 e. The quantitative estimate of drug-likeness (QED) is 0.158. The molecule has 4 nitrogen and oxygen atoms in total. The van der Waals surface area contributed by atoms with Gasteiger partial charge in [-0.3, -0.25) is 0 Å². The van der Waals surface area contributed by atoms with Crippen LogP contribution in [0.5, 0.6) is 0 Å². The Balaban J connectivity index is 0.000000132. The van der Waals surface area contributed by atoms with Crippen molar-refractivity contribution in [3.63, 3.8) is 0 Å². The third-order valence-corrected chi connectivity index (χ3v) is 18.4. The van der Waals surface area contributed by atoms with Crippen molar-refractivity contribution in [2.45, 2.75) is 0 Å². The van der Waals surface area contributed by atoms with Crippen LogP contribution in [0.25, 0.3) is 165 Å². The van der Waals surface area contributed by atoms with E-state index in [9.17, 15) is 0 Å². The Labute approximate surface area is 507 Å². The van der Waals surface area contributed by atoms with E-state index in [2.05, 4.69) is 346 Å². The van der Waals surface area contributed by atoms with Gasteiger partial charge in [-0.15, -0.1) is 0 Å². The van der Waals surface area contributed by atoms with Gasteiger partial charge in [0.25, 0.3) is 0 Å². The summed E-state index contributed by atoms with van der Waals surface area (Å²) < 4.78 is 9.60. The highest BCUT2D eigenvalue weighted by atomic mass is 15.0. The Morgan fingerprint density at radius 1 is 0.148 bits per heavy atom. The molecule has 15 aromatic carbocycles. The summed E-state index contributed by atoms with van der Waals surface area (Å²) in [5.74, 6) is 0. The van der Waals surface area contributed by atoms with Crippen molar-refractivity contribution < 1.29 is 0 Å². The van der Waals surface area contributed by atoms with Gasteiger partial charge in [0, 0.05) is 65.8 Å². The van der Waals surface area contributed by atoms with Gasteiger partial charge in [-0.25, -0.2) is 0 Å². The fraction of sp³-hybridized carbons (Fsp3) is 0. The van der Waals surface area contributed by atoms with Crippen LogP contribution in [0.4, 0.5) is 0 Å². The van der Waals surface area contributed by atoms with E-state index in [1.807, 2.05) is 0 Å². The number of rotatable bonds is 6. The second-order valence-electron chi connectivity index (χ2n) is 23.2. The van der Waals surface area contributed by atoms with Gasteiger partial charge in [0.15, 0.2) is 0 Å². The van der Waals surface area contributed by atoms with Gasteiger partial charge >= 0.3 is 0 Å². The van der Waals surface area contributed by atoms with Crippen LogP contribution >= 0.6 is 0 Å². The highest BCUT2D eigenvalue weighted by Gasteiger charge is 2.21. The van der Waals surface area contributed by atoms with Gasteiger partial charge in [0.1, 0.15) is 0 Å². The van der Waals surface area contributed by atoms with Crippen molar-refractivity contribution in [2.75, 3.05) is 0 Å². The summed E-state index contributed by atoms with van der Waals surface area (Å²) in [6.45, 7) is 0. The lowest BCUT2D eigenvalue weighted by molar-refractivity contribution is 1.17. The molecule has 0 saturated heterocycles. The van der Waals surface area contributed by atoms with E-state index in [-0.39, 0.29) is 0 Å². The average Bonchev–Trinajstić information content (AvgIpc) is 1.93. The van der Waals surface area contributed by atoms with Gasteiger partial charge in [-0.1, -0.05) is 218 Å². The van der Waals surface area contributed by atoms with Gasteiger partial charge in [0.2, 0.25) is 0 Å². The first kappa shape index (κ1) is 49.7. The molecular weight excluding hydrogens is 1060 g/mol. The molecule has 0 aliphatic carbocycles. The maximum absolute atomic E-state index is 2.46. The van der Waals surface area contributed by atoms with Crippen LogP contribution in [0, 0.1) is 0 Å². The summed E-state index contributed by atoms with van der Waals surface area (Å²) in [7, 11) is 0. The van der Waals surface area contributed by atoms with E-state index in [0.717, 1.165) is 0 Å². The molecule has 4 aromatic heterocycles. The van der Waals surface area contributed by atoms with Crippen LogP contribution in [0.3, 0.4) is 0 Å². The molecule has 4 heterocycles. The second kappa shape index (κ2) is 20.0. The molecule has 4 heteroatoms. The van der Waals surface area contributed by atoms with Crippen molar-refractivity contribution in [1.29, 1.82) is 0 Å². The third kappa shape index (κ3) is 7.79. The van der Waals surface area contributed by atoms with Gasteiger partial charge in [-0.2, -0.15) is 0 Å². The first-order valence-electron chi connectivity index (χ1n) is 30.3. The molecule has 0 aliphatic heterocycles. The summed E-state index contributed by atoms with van der Waals surface area (Å²) >= 11 is 0. The van der Waals surface area contributed by atoms with E-state index in [0.29, 0.717) is 0 Å². The van der Waals surface area contributed by atoms with Crippen LogP contribution in [0.1, 0.15) is 0 Å². The Kier molecular flexibility index (Phi) is 11.3. The molecule has 0 saturated carbocycles. The third-order valence-electron chi connectivity index (χ3n) is 18.4. The highest BCUT2D eigenvalue weighted by Crippen LogP contribution is 2.43. The van der Waals surface area contributed by atoms with Crippen LogP contribution in [-0.4, -0.2) is 18.3 Å². The molecule has 0 atom stereocenters. The lowest BCUT2D eigenvalue weighted by atomic mass is 9.98. The van der Waals surface area contributed by atoms with Crippen molar-refractivity contribution in [3.05, 3.63) is 328 Å². The predicted octanol–water partition coefficient (Wildman–Crippen LogP) is 22.6. The van der Waals surface area contributed by atoms with Gasteiger partial charge in [-0.05, 0) is 164 Å². The topological polar surface area (TPSA) is 19.7 Å². The van der Waals surface area contributed by atoms with Gasteiger partial charge in [0.05, 0.1) is 44.1 Å². The summed E-state index contributed by atoms with van der Waals surface area (Å²) in [6, 6.07) is 119. The van der Waals surface area contributed by atoms with E-state index in [1.54, 1.807) is 0 Å². The average molecular weight is 1120 g/mol. The van der Waals surface area contributed by atoms with Crippen LogP contribution in [0.2, 0.25) is 0 Å².